The molecule has 0 fully saturated rings. The van der Waals surface area contributed by atoms with E-state index in [1.807, 2.05) is 0 Å². The number of sulfonamides is 1. The summed E-state index contributed by atoms with van der Waals surface area (Å²) in [5.41, 5.74) is -5.10. The van der Waals surface area contributed by atoms with Gasteiger partial charge in [0.05, 0.1) is 16.3 Å². The van der Waals surface area contributed by atoms with Crippen LogP contribution in [0.5, 0.6) is 0 Å². The number of hydrogen-bond donors (Lipinski definition) is 2. The second kappa shape index (κ2) is 9.44. The fourth-order valence-electron chi connectivity index (χ4n) is 3.56. The van der Waals surface area contributed by atoms with Crippen LogP contribution in [-0.4, -0.2) is 40.6 Å². The van der Waals surface area contributed by atoms with E-state index in [1.54, 1.807) is 31.2 Å². The zero-order valence-electron chi connectivity index (χ0n) is 19.3. The van der Waals surface area contributed by atoms with Crippen molar-refractivity contribution in [3.05, 3.63) is 90.3 Å². The number of rotatable bonds is 6. The zero-order valence-corrected chi connectivity index (χ0v) is 20.1. The fourth-order valence-corrected chi connectivity index (χ4v) is 4.59. The van der Waals surface area contributed by atoms with Crippen molar-refractivity contribution >= 4 is 15.8 Å². The van der Waals surface area contributed by atoms with Gasteiger partial charge in [0.2, 0.25) is 0 Å². The number of aliphatic hydroxyl groups is 1. The van der Waals surface area contributed by atoms with E-state index >= 15 is 0 Å². The molecule has 0 atom stereocenters. The molecule has 2 heterocycles. The molecule has 0 amide bonds. The highest BCUT2D eigenvalue weighted by atomic mass is 32.2. The van der Waals surface area contributed by atoms with Crippen LogP contribution < -0.4 is 4.72 Å². The topological polar surface area (TPSA) is 97.1 Å². The number of alkyl halides is 6. The quantitative estimate of drug-likeness (QED) is 0.312. The maximum Gasteiger partial charge on any atom is 0.430 e. The first-order valence-corrected chi connectivity index (χ1v) is 12.2. The van der Waals surface area contributed by atoms with Crippen molar-refractivity contribution in [2.24, 2.45) is 0 Å². The van der Waals surface area contributed by atoms with Crippen molar-refractivity contribution < 1.29 is 39.9 Å². The number of aryl methyl sites for hydroxylation is 1. The predicted molar refractivity (Wildman–Crippen MR) is 125 cm³/mol. The third-order valence-corrected chi connectivity index (χ3v) is 6.98. The number of halogens is 6. The van der Waals surface area contributed by atoms with Crippen molar-refractivity contribution in [2.45, 2.75) is 29.8 Å². The average molecular weight is 556 g/mol. The molecule has 7 nitrogen and oxygen atoms in total. The lowest BCUT2D eigenvalue weighted by molar-refractivity contribution is -0.376. The first-order valence-electron chi connectivity index (χ1n) is 10.7. The van der Waals surface area contributed by atoms with Gasteiger partial charge in [-0.2, -0.15) is 31.4 Å². The van der Waals surface area contributed by atoms with Crippen LogP contribution >= 0.6 is 0 Å². The van der Waals surface area contributed by atoms with Crippen LogP contribution in [0.4, 0.5) is 32.2 Å². The Hall–Kier alpha value is -3.91. The minimum Gasteiger partial charge on any atom is -0.369 e. The van der Waals surface area contributed by atoms with Crippen LogP contribution in [0.3, 0.4) is 0 Å². The van der Waals surface area contributed by atoms with Crippen LogP contribution in [0, 0.1) is 6.92 Å². The molecule has 14 heteroatoms. The Morgan fingerprint density at radius 1 is 0.842 bits per heavy atom. The lowest BCUT2D eigenvalue weighted by Gasteiger charge is -2.32. The molecule has 0 aliphatic carbocycles. The van der Waals surface area contributed by atoms with Gasteiger partial charge in [0.15, 0.2) is 0 Å². The van der Waals surface area contributed by atoms with Crippen LogP contribution in [0.25, 0.3) is 16.9 Å². The molecule has 0 saturated carbocycles. The van der Waals surface area contributed by atoms with E-state index in [4.69, 9.17) is 0 Å². The van der Waals surface area contributed by atoms with Crippen LogP contribution in [0.1, 0.15) is 11.1 Å². The van der Waals surface area contributed by atoms with Crippen LogP contribution in [0.15, 0.2) is 84.0 Å². The SMILES string of the molecule is Cc1ccc(S(=O)(=O)Nc2cc(-c3ccncc3)nn2-c2ccc(C(O)(C(F)(F)F)C(F)(F)F)cc2)cc1. The van der Waals surface area contributed by atoms with E-state index in [0.29, 0.717) is 17.7 Å². The molecule has 2 aromatic carbocycles. The molecule has 0 saturated heterocycles. The standard InChI is InChI=1S/C24H18F6N4O3S/c1-15-2-8-19(9-3-15)38(36,37)33-21-14-20(16-10-12-31-13-11-16)32-34(21)18-6-4-17(5-7-18)22(35,23(25,26)27)24(28,29)30/h2-14,33,35H,1H3. The molecule has 0 aliphatic heterocycles. The van der Waals surface area contributed by atoms with E-state index in [9.17, 15) is 39.9 Å². The summed E-state index contributed by atoms with van der Waals surface area (Å²) in [6.45, 7) is 1.77. The van der Waals surface area contributed by atoms with Gasteiger partial charge in [0.25, 0.3) is 15.6 Å². The zero-order chi connectivity index (χ0) is 27.9. The Morgan fingerprint density at radius 2 is 1.39 bits per heavy atom. The van der Waals surface area contributed by atoms with E-state index in [1.165, 1.54) is 30.6 Å². The molecule has 0 unspecified atom stereocenters. The number of nitrogens with zero attached hydrogens (tertiary/aromatic N) is 3. The number of benzene rings is 2. The second-order valence-electron chi connectivity index (χ2n) is 8.23. The van der Waals surface area contributed by atoms with Gasteiger partial charge < -0.3 is 5.11 Å². The van der Waals surface area contributed by atoms with Gasteiger partial charge in [-0.25, -0.2) is 13.1 Å². The van der Waals surface area contributed by atoms with Crippen molar-refractivity contribution in [3.63, 3.8) is 0 Å². The number of pyridine rings is 1. The Morgan fingerprint density at radius 3 is 1.92 bits per heavy atom. The lowest BCUT2D eigenvalue weighted by atomic mass is 9.92. The normalized spacial score (nSPS) is 12.9. The smallest absolute Gasteiger partial charge is 0.369 e. The summed E-state index contributed by atoms with van der Waals surface area (Å²) in [7, 11) is -4.16. The molecule has 0 bridgehead atoms. The van der Waals surface area contributed by atoms with Crippen LogP contribution in [0.2, 0.25) is 0 Å². The maximum absolute atomic E-state index is 13.3. The predicted octanol–water partition coefficient (Wildman–Crippen LogP) is 5.36. The monoisotopic (exact) mass is 556 g/mol. The highest BCUT2D eigenvalue weighted by Crippen LogP contribution is 2.50. The third kappa shape index (κ3) is 4.96. The molecule has 4 aromatic rings. The summed E-state index contributed by atoms with van der Waals surface area (Å²) < 4.78 is 109. The van der Waals surface area contributed by atoms with Crippen molar-refractivity contribution in [1.82, 2.24) is 14.8 Å². The minimum absolute atomic E-state index is 0.0811. The minimum atomic E-state index is -6.05. The van der Waals surface area contributed by atoms with Crippen molar-refractivity contribution in [2.75, 3.05) is 4.72 Å². The number of nitrogens with one attached hydrogen (secondary N) is 1. The maximum atomic E-state index is 13.3. The van der Waals surface area contributed by atoms with Gasteiger partial charge in [-0.3, -0.25) is 9.71 Å². The lowest BCUT2D eigenvalue weighted by Crippen LogP contribution is -2.53. The van der Waals surface area contributed by atoms with Crippen molar-refractivity contribution in [1.29, 1.82) is 0 Å². The fraction of sp³-hybridized carbons (Fsp3) is 0.167. The molecule has 4 rings (SSSR count). The molecular weight excluding hydrogens is 538 g/mol. The molecule has 200 valence electrons. The van der Waals surface area contributed by atoms with E-state index in [0.717, 1.165) is 22.4 Å². The summed E-state index contributed by atoms with van der Waals surface area (Å²) in [6, 6.07) is 13.0. The molecule has 2 aromatic heterocycles. The van der Waals surface area contributed by atoms with Gasteiger partial charge in [-0.05, 0) is 43.3 Å². The third-order valence-electron chi connectivity index (χ3n) is 5.61. The van der Waals surface area contributed by atoms with Gasteiger partial charge in [-0.15, -0.1) is 0 Å². The summed E-state index contributed by atoms with van der Waals surface area (Å²) >= 11 is 0. The first kappa shape index (κ1) is 27.1. The van der Waals surface area contributed by atoms with Gasteiger partial charge >= 0.3 is 12.4 Å². The number of hydrogen-bond acceptors (Lipinski definition) is 5. The highest BCUT2D eigenvalue weighted by Gasteiger charge is 2.71. The summed E-state index contributed by atoms with van der Waals surface area (Å²) in [5, 5.41) is 13.9. The average Bonchev–Trinajstić information content (AvgIpc) is 3.26. The summed E-state index contributed by atoms with van der Waals surface area (Å²) in [4.78, 5) is 3.80. The molecule has 0 spiro atoms. The Labute approximate surface area is 212 Å². The van der Waals surface area contributed by atoms with Gasteiger partial charge in [0, 0.05) is 29.6 Å². The van der Waals surface area contributed by atoms with E-state index < -0.39 is 33.5 Å². The molecule has 0 aliphatic rings. The summed E-state index contributed by atoms with van der Waals surface area (Å²) in [6.07, 6.45) is -9.20. The Kier molecular flexibility index (Phi) is 6.74. The van der Waals surface area contributed by atoms with E-state index in [-0.39, 0.29) is 22.1 Å². The molecular formula is C24H18F6N4O3S. The van der Waals surface area contributed by atoms with Gasteiger partial charge in [-0.1, -0.05) is 29.8 Å². The number of anilines is 1. The van der Waals surface area contributed by atoms with E-state index in [2.05, 4.69) is 14.8 Å². The Balaban J connectivity index is 1.81. The first-order chi connectivity index (χ1) is 17.6. The molecule has 0 radical (unpaired) electrons. The Bertz CT molecular complexity index is 1520. The molecule has 2 N–H and O–H groups in total. The number of aromatic nitrogens is 3. The largest absolute Gasteiger partial charge is 0.430 e. The molecule has 38 heavy (non-hydrogen) atoms. The van der Waals surface area contributed by atoms with Crippen molar-refractivity contribution in [3.8, 4) is 16.9 Å². The summed E-state index contributed by atoms with van der Waals surface area (Å²) in [5.74, 6) is -0.146. The van der Waals surface area contributed by atoms with Crippen LogP contribution in [-0.2, 0) is 15.6 Å². The second-order valence-corrected chi connectivity index (χ2v) is 9.92. The van der Waals surface area contributed by atoms with Gasteiger partial charge in [0.1, 0.15) is 5.82 Å². The highest BCUT2D eigenvalue weighted by molar-refractivity contribution is 7.92.